The highest BCUT2D eigenvalue weighted by Crippen LogP contribution is 2.52. The summed E-state index contributed by atoms with van der Waals surface area (Å²) in [5.41, 5.74) is 2.35. The van der Waals surface area contributed by atoms with Gasteiger partial charge >= 0.3 is 6.18 Å². The Morgan fingerprint density at radius 2 is 1.31 bits per heavy atom. The monoisotopic (exact) mass is 476 g/mol. The fourth-order valence-corrected chi connectivity index (χ4v) is 7.25. The molecule has 2 unspecified atom stereocenters. The largest absolute Gasteiger partial charge is 0.416 e. The summed E-state index contributed by atoms with van der Waals surface area (Å²) in [6, 6.07) is 28.8. The molecule has 6 atom stereocenters. The zero-order valence-corrected chi connectivity index (χ0v) is 19.7. The first-order valence-corrected chi connectivity index (χ1v) is 12.8. The van der Waals surface area contributed by atoms with Crippen LogP contribution in [0.2, 0.25) is 0 Å². The van der Waals surface area contributed by atoms with Gasteiger partial charge in [0.2, 0.25) is 0 Å². The maximum atomic E-state index is 13.7. The highest BCUT2D eigenvalue weighted by Gasteiger charge is 2.56. The fraction of sp³-hybridized carbons (Fsp3) is 0.400. The van der Waals surface area contributed by atoms with Gasteiger partial charge in [0.15, 0.2) is 0 Å². The Kier molecular flexibility index (Phi) is 5.93. The summed E-state index contributed by atoms with van der Waals surface area (Å²) in [6.45, 7) is 0.229. The van der Waals surface area contributed by atoms with Crippen molar-refractivity contribution in [3.63, 3.8) is 0 Å². The molecule has 0 amide bonds. The first-order chi connectivity index (χ1) is 17.0. The highest BCUT2D eigenvalue weighted by molar-refractivity contribution is 5.37. The Labute approximate surface area is 205 Å². The van der Waals surface area contributed by atoms with Crippen LogP contribution in [0.3, 0.4) is 0 Å². The van der Waals surface area contributed by atoms with E-state index >= 15 is 0 Å². The molecule has 182 valence electrons. The standard InChI is InChI=1S/C30H31F3N2/c31-30(32,33)26-14-8-7-13-22(26)19-34-28-23-17-24-15-16-25(18-23)35(24)29(28)27(20-9-3-1-4-10-20)21-11-5-2-6-12-21/h1-14,23-25,27-29,34H,15-19H2/t23?,24-,25+,28-,29-/m0/s1. The molecule has 0 aliphatic carbocycles. The Hall–Kier alpha value is -2.63. The van der Waals surface area contributed by atoms with Crippen molar-refractivity contribution in [1.29, 1.82) is 0 Å². The molecule has 1 N–H and O–H groups in total. The van der Waals surface area contributed by atoms with Crippen LogP contribution in [0.25, 0.3) is 0 Å². The second-order valence-electron chi connectivity index (χ2n) is 10.4. The number of hydrogen-bond acceptors (Lipinski definition) is 2. The average Bonchev–Trinajstić information content (AvgIpc) is 3.16. The van der Waals surface area contributed by atoms with E-state index < -0.39 is 11.7 Å². The Morgan fingerprint density at radius 1 is 0.771 bits per heavy atom. The van der Waals surface area contributed by atoms with Crippen molar-refractivity contribution in [3.8, 4) is 0 Å². The van der Waals surface area contributed by atoms with Gasteiger partial charge in [-0.05, 0) is 54.4 Å². The van der Waals surface area contributed by atoms with Crippen molar-refractivity contribution >= 4 is 0 Å². The number of hydrogen-bond donors (Lipinski definition) is 1. The van der Waals surface area contributed by atoms with E-state index in [1.807, 2.05) is 12.1 Å². The molecule has 4 aliphatic rings. The molecule has 35 heavy (non-hydrogen) atoms. The molecule has 4 aliphatic heterocycles. The average molecular weight is 477 g/mol. The summed E-state index contributed by atoms with van der Waals surface area (Å²) in [5.74, 6) is 0.648. The smallest absolute Gasteiger partial charge is 0.308 e. The van der Waals surface area contributed by atoms with Crippen molar-refractivity contribution in [2.75, 3.05) is 0 Å². The number of nitrogens with zero attached hydrogens (tertiary/aromatic N) is 1. The third-order valence-corrected chi connectivity index (χ3v) is 8.56. The molecule has 0 aromatic heterocycles. The van der Waals surface area contributed by atoms with Gasteiger partial charge in [0, 0.05) is 36.6 Å². The van der Waals surface area contributed by atoms with Crippen LogP contribution in [-0.4, -0.2) is 29.1 Å². The number of halogens is 3. The van der Waals surface area contributed by atoms with E-state index in [9.17, 15) is 13.2 Å². The Balaban J connectivity index is 1.39. The Morgan fingerprint density at radius 3 is 1.89 bits per heavy atom. The van der Waals surface area contributed by atoms with Gasteiger partial charge in [0.1, 0.15) is 0 Å². The van der Waals surface area contributed by atoms with Crippen molar-refractivity contribution in [2.24, 2.45) is 5.92 Å². The molecule has 0 saturated carbocycles. The number of alkyl halides is 3. The summed E-state index contributed by atoms with van der Waals surface area (Å²) in [4.78, 5) is 2.75. The molecule has 4 heterocycles. The molecule has 5 heteroatoms. The SMILES string of the molecule is FC(F)(F)c1ccccc1CN[C@H]1C2C[C@H]3CC[C@@H](C2)N3[C@H]1C(c1ccccc1)c1ccccc1. The second-order valence-corrected chi connectivity index (χ2v) is 10.4. The quantitative estimate of drug-likeness (QED) is 0.430. The molecule has 7 rings (SSSR count). The summed E-state index contributed by atoms with van der Waals surface area (Å²) >= 11 is 0. The van der Waals surface area contributed by atoms with Crippen LogP contribution in [0, 0.1) is 5.92 Å². The third-order valence-electron chi connectivity index (χ3n) is 8.56. The van der Waals surface area contributed by atoms with E-state index in [1.54, 1.807) is 12.1 Å². The van der Waals surface area contributed by atoms with Crippen LogP contribution >= 0.6 is 0 Å². The van der Waals surface area contributed by atoms with Crippen LogP contribution < -0.4 is 5.32 Å². The summed E-state index contributed by atoms with van der Waals surface area (Å²) in [5, 5.41) is 3.68. The van der Waals surface area contributed by atoms with Gasteiger partial charge in [-0.1, -0.05) is 78.9 Å². The lowest BCUT2D eigenvalue weighted by Crippen LogP contribution is -2.68. The minimum atomic E-state index is -4.34. The molecule has 4 saturated heterocycles. The van der Waals surface area contributed by atoms with Gasteiger partial charge < -0.3 is 5.32 Å². The number of fused-ring (bicyclic) bond motifs is 1. The summed E-state index contributed by atoms with van der Waals surface area (Å²) in [7, 11) is 0. The lowest BCUT2D eigenvalue weighted by Gasteiger charge is -2.58. The molecule has 4 fully saturated rings. The van der Waals surface area contributed by atoms with E-state index in [2.05, 4.69) is 58.7 Å². The predicted molar refractivity (Wildman–Crippen MR) is 132 cm³/mol. The third kappa shape index (κ3) is 4.19. The van der Waals surface area contributed by atoms with Crippen molar-refractivity contribution in [3.05, 3.63) is 107 Å². The molecule has 0 radical (unpaired) electrons. The number of benzene rings is 3. The normalized spacial score (nSPS) is 29.6. The zero-order valence-electron chi connectivity index (χ0n) is 19.7. The summed E-state index contributed by atoms with van der Waals surface area (Å²) in [6.07, 6.45) is 0.404. The van der Waals surface area contributed by atoms with E-state index in [-0.39, 0.29) is 24.5 Å². The van der Waals surface area contributed by atoms with Gasteiger partial charge in [-0.2, -0.15) is 13.2 Å². The minimum Gasteiger partial charge on any atom is -0.308 e. The van der Waals surface area contributed by atoms with Crippen LogP contribution in [0.5, 0.6) is 0 Å². The molecule has 0 spiro atoms. The first kappa shape index (κ1) is 22.8. The van der Waals surface area contributed by atoms with E-state index in [4.69, 9.17) is 0 Å². The molecule has 3 aromatic carbocycles. The van der Waals surface area contributed by atoms with Gasteiger partial charge in [-0.25, -0.2) is 0 Å². The van der Waals surface area contributed by atoms with Gasteiger partial charge in [0.05, 0.1) is 5.56 Å². The molecule has 2 nitrogen and oxygen atoms in total. The predicted octanol–water partition coefficient (Wildman–Crippen LogP) is 6.62. The van der Waals surface area contributed by atoms with Crippen LogP contribution in [0.15, 0.2) is 84.9 Å². The topological polar surface area (TPSA) is 15.3 Å². The highest BCUT2D eigenvalue weighted by atomic mass is 19.4. The fourth-order valence-electron chi connectivity index (χ4n) is 7.25. The van der Waals surface area contributed by atoms with E-state index in [0.29, 0.717) is 23.6 Å². The van der Waals surface area contributed by atoms with Gasteiger partial charge in [-0.3, -0.25) is 4.90 Å². The van der Waals surface area contributed by atoms with Crippen LogP contribution in [0.4, 0.5) is 13.2 Å². The lowest BCUT2D eigenvalue weighted by atomic mass is 9.68. The zero-order chi connectivity index (χ0) is 24.0. The molecular formula is C30H31F3N2. The molecule has 4 bridgehead atoms. The maximum absolute atomic E-state index is 13.7. The number of nitrogens with one attached hydrogen (secondary N) is 1. The lowest BCUT2D eigenvalue weighted by molar-refractivity contribution is -0.138. The Bertz CT molecular complexity index is 1090. The van der Waals surface area contributed by atoms with E-state index in [1.165, 1.54) is 36.1 Å². The van der Waals surface area contributed by atoms with Gasteiger partial charge in [0.25, 0.3) is 0 Å². The second kappa shape index (κ2) is 9.11. The molecule has 3 aromatic rings. The number of rotatable bonds is 6. The minimum absolute atomic E-state index is 0.132. The van der Waals surface area contributed by atoms with Crippen molar-refractivity contribution in [1.82, 2.24) is 10.2 Å². The number of piperidine rings is 3. The van der Waals surface area contributed by atoms with Gasteiger partial charge in [-0.15, -0.1) is 0 Å². The first-order valence-electron chi connectivity index (χ1n) is 12.8. The van der Waals surface area contributed by atoms with Crippen molar-refractivity contribution < 1.29 is 13.2 Å². The summed E-state index contributed by atoms with van der Waals surface area (Å²) < 4.78 is 41.1. The van der Waals surface area contributed by atoms with Crippen LogP contribution in [-0.2, 0) is 12.7 Å². The maximum Gasteiger partial charge on any atom is 0.416 e. The molecular weight excluding hydrogens is 445 g/mol. The van der Waals surface area contributed by atoms with Crippen LogP contribution in [0.1, 0.15) is 53.9 Å². The van der Waals surface area contributed by atoms with Crippen molar-refractivity contribution in [2.45, 2.75) is 68.5 Å². The van der Waals surface area contributed by atoms with E-state index in [0.717, 1.165) is 12.8 Å².